The fourth-order valence-corrected chi connectivity index (χ4v) is 2.60. The summed E-state index contributed by atoms with van der Waals surface area (Å²) in [6.45, 7) is 8.31. The Labute approximate surface area is 108 Å². The van der Waals surface area contributed by atoms with Crippen molar-refractivity contribution in [2.24, 2.45) is 0 Å². The van der Waals surface area contributed by atoms with Crippen LogP contribution in [0.4, 0.5) is 4.39 Å². The van der Waals surface area contributed by atoms with Gasteiger partial charge in [0.2, 0.25) is 0 Å². The molecule has 0 unspecified atom stereocenters. The average molecular weight is 251 g/mol. The SMILES string of the molecule is CC(C)(C)N1CCC(O)(c2ccc(F)cc2)CC1. The minimum atomic E-state index is -0.796. The van der Waals surface area contributed by atoms with E-state index in [-0.39, 0.29) is 11.4 Å². The van der Waals surface area contributed by atoms with Gasteiger partial charge in [0.1, 0.15) is 5.82 Å². The van der Waals surface area contributed by atoms with E-state index in [2.05, 4.69) is 25.7 Å². The van der Waals surface area contributed by atoms with Gasteiger partial charge in [-0.25, -0.2) is 4.39 Å². The second-order valence-electron chi connectivity index (χ2n) is 6.20. The van der Waals surface area contributed by atoms with Crippen LogP contribution in [0.15, 0.2) is 24.3 Å². The quantitative estimate of drug-likeness (QED) is 0.829. The second kappa shape index (κ2) is 4.63. The van der Waals surface area contributed by atoms with Gasteiger partial charge in [-0.15, -0.1) is 0 Å². The monoisotopic (exact) mass is 251 g/mol. The van der Waals surface area contributed by atoms with Crippen LogP contribution in [0.25, 0.3) is 0 Å². The van der Waals surface area contributed by atoms with Gasteiger partial charge in [0.05, 0.1) is 5.60 Å². The third kappa shape index (κ3) is 2.73. The molecule has 0 spiro atoms. The molecule has 0 amide bonds. The van der Waals surface area contributed by atoms with Gasteiger partial charge in [-0.2, -0.15) is 0 Å². The van der Waals surface area contributed by atoms with Gasteiger partial charge >= 0.3 is 0 Å². The Balaban J connectivity index is 2.10. The van der Waals surface area contributed by atoms with Crippen LogP contribution in [0.2, 0.25) is 0 Å². The molecule has 1 aromatic rings. The van der Waals surface area contributed by atoms with Crippen LogP contribution < -0.4 is 0 Å². The van der Waals surface area contributed by atoms with Crippen LogP contribution >= 0.6 is 0 Å². The molecule has 1 fully saturated rings. The number of hydrogen-bond donors (Lipinski definition) is 1. The first-order chi connectivity index (χ1) is 8.31. The zero-order valence-electron chi connectivity index (χ0n) is 11.4. The van der Waals surface area contributed by atoms with Crippen LogP contribution in [-0.4, -0.2) is 28.6 Å². The summed E-state index contributed by atoms with van der Waals surface area (Å²) >= 11 is 0. The molecule has 1 N–H and O–H groups in total. The van der Waals surface area contributed by atoms with Gasteiger partial charge in [-0.1, -0.05) is 12.1 Å². The van der Waals surface area contributed by atoms with Gasteiger partial charge < -0.3 is 5.11 Å². The molecule has 1 saturated heterocycles. The van der Waals surface area contributed by atoms with E-state index in [1.807, 2.05) is 0 Å². The third-order valence-corrected chi connectivity index (χ3v) is 3.92. The second-order valence-corrected chi connectivity index (χ2v) is 6.20. The van der Waals surface area contributed by atoms with E-state index in [0.29, 0.717) is 12.8 Å². The predicted molar refractivity (Wildman–Crippen MR) is 70.9 cm³/mol. The molecule has 2 nitrogen and oxygen atoms in total. The van der Waals surface area contributed by atoms with Crippen molar-refractivity contribution in [3.8, 4) is 0 Å². The van der Waals surface area contributed by atoms with Gasteiger partial charge in [-0.3, -0.25) is 4.90 Å². The average Bonchev–Trinajstić information content (AvgIpc) is 2.29. The summed E-state index contributed by atoms with van der Waals surface area (Å²) in [7, 11) is 0. The third-order valence-electron chi connectivity index (χ3n) is 3.92. The molecule has 0 aromatic heterocycles. The van der Waals surface area contributed by atoms with Crippen LogP contribution in [0.5, 0.6) is 0 Å². The van der Waals surface area contributed by atoms with E-state index in [1.54, 1.807) is 12.1 Å². The first-order valence-corrected chi connectivity index (χ1v) is 6.55. The molecule has 1 aliphatic rings. The Kier molecular flexibility index (Phi) is 3.47. The summed E-state index contributed by atoms with van der Waals surface area (Å²) in [5.41, 5.74) is 0.178. The van der Waals surface area contributed by atoms with Crippen LogP contribution in [0.1, 0.15) is 39.2 Å². The number of piperidine rings is 1. The van der Waals surface area contributed by atoms with Crippen molar-refractivity contribution < 1.29 is 9.50 Å². The summed E-state index contributed by atoms with van der Waals surface area (Å²) in [5.74, 6) is -0.255. The van der Waals surface area contributed by atoms with Crippen molar-refractivity contribution in [2.45, 2.75) is 44.8 Å². The maximum Gasteiger partial charge on any atom is 0.123 e. The zero-order chi connectivity index (χ0) is 13.4. The molecule has 1 aromatic carbocycles. The van der Waals surface area contributed by atoms with Gasteiger partial charge in [0, 0.05) is 18.6 Å². The molecular formula is C15H22FNO. The fourth-order valence-electron chi connectivity index (χ4n) is 2.60. The van der Waals surface area contributed by atoms with Gasteiger partial charge in [0.25, 0.3) is 0 Å². The Morgan fingerprint density at radius 3 is 2.06 bits per heavy atom. The van der Waals surface area contributed by atoms with E-state index in [1.165, 1.54) is 12.1 Å². The molecule has 100 valence electrons. The molecule has 0 saturated carbocycles. The Morgan fingerprint density at radius 1 is 1.11 bits per heavy atom. The molecule has 3 heteroatoms. The lowest BCUT2D eigenvalue weighted by molar-refractivity contribution is -0.0461. The Morgan fingerprint density at radius 2 is 1.61 bits per heavy atom. The number of hydrogen-bond acceptors (Lipinski definition) is 2. The standard InChI is InChI=1S/C15H22FNO/c1-14(2,3)17-10-8-15(18,9-11-17)12-4-6-13(16)7-5-12/h4-7,18H,8-11H2,1-3H3. The molecule has 1 heterocycles. The summed E-state index contributed by atoms with van der Waals surface area (Å²) in [4.78, 5) is 2.38. The van der Waals surface area contributed by atoms with Crippen molar-refractivity contribution in [2.75, 3.05) is 13.1 Å². The lowest BCUT2D eigenvalue weighted by Gasteiger charge is -2.44. The van der Waals surface area contributed by atoms with Crippen molar-refractivity contribution in [3.05, 3.63) is 35.6 Å². The summed E-state index contributed by atoms with van der Waals surface area (Å²) < 4.78 is 12.9. The number of likely N-dealkylation sites (tertiary alicyclic amines) is 1. The molecular weight excluding hydrogens is 229 g/mol. The Hall–Kier alpha value is -0.930. The first kappa shape index (κ1) is 13.5. The van der Waals surface area contributed by atoms with E-state index in [4.69, 9.17) is 0 Å². The molecule has 0 aliphatic carbocycles. The van der Waals surface area contributed by atoms with Crippen molar-refractivity contribution in [1.29, 1.82) is 0 Å². The highest BCUT2D eigenvalue weighted by molar-refractivity contribution is 5.23. The smallest absolute Gasteiger partial charge is 0.123 e. The van der Waals surface area contributed by atoms with Gasteiger partial charge in [0.15, 0.2) is 0 Å². The topological polar surface area (TPSA) is 23.5 Å². The highest BCUT2D eigenvalue weighted by Crippen LogP contribution is 2.34. The lowest BCUT2D eigenvalue weighted by Crippen LogP contribution is -2.50. The van der Waals surface area contributed by atoms with Crippen LogP contribution in [0, 0.1) is 5.82 Å². The lowest BCUT2D eigenvalue weighted by atomic mass is 9.83. The number of halogens is 1. The van der Waals surface area contributed by atoms with E-state index < -0.39 is 5.60 Å². The normalized spacial score (nSPS) is 20.9. The maximum absolute atomic E-state index is 12.9. The van der Waals surface area contributed by atoms with Crippen molar-refractivity contribution >= 4 is 0 Å². The number of benzene rings is 1. The summed E-state index contributed by atoms with van der Waals surface area (Å²) in [6.07, 6.45) is 1.41. The molecule has 0 radical (unpaired) electrons. The van der Waals surface area contributed by atoms with Crippen molar-refractivity contribution in [1.82, 2.24) is 4.90 Å². The fraction of sp³-hybridized carbons (Fsp3) is 0.600. The van der Waals surface area contributed by atoms with Crippen LogP contribution in [0.3, 0.4) is 0 Å². The number of nitrogens with zero attached hydrogens (tertiary/aromatic N) is 1. The highest BCUT2D eigenvalue weighted by atomic mass is 19.1. The van der Waals surface area contributed by atoms with E-state index in [0.717, 1.165) is 18.7 Å². The summed E-state index contributed by atoms with van der Waals surface area (Å²) in [6, 6.07) is 6.23. The van der Waals surface area contributed by atoms with E-state index >= 15 is 0 Å². The highest BCUT2D eigenvalue weighted by Gasteiger charge is 2.36. The van der Waals surface area contributed by atoms with Crippen LogP contribution in [-0.2, 0) is 5.60 Å². The Bertz CT molecular complexity index is 399. The van der Waals surface area contributed by atoms with E-state index in [9.17, 15) is 9.50 Å². The van der Waals surface area contributed by atoms with Gasteiger partial charge in [-0.05, 0) is 51.3 Å². The minimum absolute atomic E-state index is 0.143. The largest absolute Gasteiger partial charge is 0.385 e. The molecule has 0 bridgehead atoms. The molecule has 0 atom stereocenters. The maximum atomic E-state index is 12.9. The molecule has 2 rings (SSSR count). The predicted octanol–water partition coefficient (Wildman–Crippen LogP) is 2.91. The summed E-state index contributed by atoms with van der Waals surface area (Å²) in [5, 5.41) is 10.7. The molecule has 18 heavy (non-hydrogen) atoms. The molecule has 1 aliphatic heterocycles. The zero-order valence-corrected chi connectivity index (χ0v) is 11.4. The minimum Gasteiger partial charge on any atom is -0.385 e. The van der Waals surface area contributed by atoms with Crippen molar-refractivity contribution in [3.63, 3.8) is 0 Å². The number of rotatable bonds is 1. The first-order valence-electron chi connectivity index (χ1n) is 6.55. The number of aliphatic hydroxyl groups is 1.